The van der Waals surface area contributed by atoms with Gasteiger partial charge >= 0.3 is 5.97 Å². The minimum absolute atomic E-state index is 0.325. The zero-order chi connectivity index (χ0) is 14.7. The third kappa shape index (κ3) is 2.43. The molecule has 0 fully saturated rings. The van der Waals surface area contributed by atoms with Crippen LogP contribution >= 0.6 is 0 Å². The fourth-order valence-corrected chi connectivity index (χ4v) is 2.31. The van der Waals surface area contributed by atoms with E-state index in [4.69, 9.17) is 10.00 Å². The minimum Gasteiger partial charge on any atom is -0.462 e. The van der Waals surface area contributed by atoms with Gasteiger partial charge in [0.1, 0.15) is 0 Å². The zero-order valence-corrected chi connectivity index (χ0v) is 11.8. The lowest BCUT2D eigenvalue weighted by Gasteiger charge is -2.06. The third-order valence-electron chi connectivity index (χ3n) is 3.16. The Morgan fingerprint density at radius 3 is 2.45 bits per heavy atom. The quantitative estimate of drug-likeness (QED) is 0.868. The molecular weight excluding hydrogens is 252 g/mol. The first-order chi connectivity index (χ1) is 9.58. The van der Waals surface area contributed by atoms with Crippen molar-refractivity contribution in [3.8, 4) is 17.2 Å². The number of esters is 1. The summed E-state index contributed by atoms with van der Waals surface area (Å²) < 4.78 is 5.12. The van der Waals surface area contributed by atoms with Gasteiger partial charge in [-0.3, -0.25) is 0 Å². The van der Waals surface area contributed by atoms with Gasteiger partial charge in [-0.1, -0.05) is 12.1 Å². The number of aromatic nitrogens is 1. The SMILES string of the molecule is CCOC(=O)c1c(C)[nH]c(C)c1-c1ccc(C#N)cc1. The molecule has 0 atom stereocenters. The highest BCUT2D eigenvalue weighted by atomic mass is 16.5. The van der Waals surface area contributed by atoms with E-state index >= 15 is 0 Å². The predicted molar refractivity (Wildman–Crippen MR) is 76.4 cm³/mol. The summed E-state index contributed by atoms with van der Waals surface area (Å²) in [5.74, 6) is -0.325. The minimum atomic E-state index is -0.325. The number of nitrogens with zero attached hydrogens (tertiary/aromatic N) is 1. The van der Waals surface area contributed by atoms with E-state index in [1.54, 1.807) is 19.1 Å². The maximum absolute atomic E-state index is 12.1. The van der Waals surface area contributed by atoms with Crippen molar-refractivity contribution in [1.82, 2.24) is 4.98 Å². The Hall–Kier alpha value is -2.54. The second-order valence-electron chi connectivity index (χ2n) is 4.53. The molecule has 0 saturated carbocycles. The number of aryl methyl sites for hydroxylation is 2. The summed E-state index contributed by atoms with van der Waals surface area (Å²) in [6, 6.07) is 9.26. The number of hydrogen-bond donors (Lipinski definition) is 1. The molecule has 2 aromatic rings. The maximum Gasteiger partial charge on any atom is 0.340 e. The topological polar surface area (TPSA) is 65.9 Å². The van der Waals surface area contributed by atoms with E-state index in [2.05, 4.69) is 11.1 Å². The van der Waals surface area contributed by atoms with Gasteiger partial charge in [-0.2, -0.15) is 5.26 Å². The zero-order valence-electron chi connectivity index (χ0n) is 11.8. The Kier molecular flexibility index (Phi) is 3.90. The first-order valence-corrected chi connectivity index (χ1v) is 6.45. The first-order valence-electron chi connectivity index (χ1n) is 6.45. The Balaban J connectivity index is 2.55. The summed E-state index contributed by atoms with van der Waals surface area (Å²) in [6.07, 6.45) is 0. The van der Waals surface area contributed by atoms with Crippen LogP contribution in [-0.4, -0.2) is 17.6 Å². The van der Waals surface area contributed by atoms with E-state index in [1.165, 1.54) is 0 Å². The Morgan fingerprint density at radius 2 is 1.90 bits per heavy atom. The van der Waals surface area contributed by atoms with Crippen molar-refractivity contribution in [3.05, 3.63) is 46.8 Å². The summed E-state index contributed by atoms with van der Waals surface area (Å²) in [5.41, 5.74) is 4.60. The molecule has 1 N–H and O–H groups in total. The van der Waals surface area contributed by atoms with Gasteiger partial charge in [-0.05, 0) is 38.5 Å². The predicted octanol–water partition coefficient (Wildman–Crippen LogP) is 3.35. The third-order valence-corrected chi connectivity index (χ3v) is 3.16. The van der Waals surface area contributed by atoms with Gasteiger partial charge in [-0.25, -0.2) is 4.79 Å². The molecule has 0 radical (unpaired) electrons. The van der Waals surface area contributed by atoms with E-state index in [0.717, 1.165) is 22.5 Å². The van der Waals surface area contributed by atoms with Crippen molar-refractivity contribution in [2.45, 2.75) is 20.8 Å². The monoisotopic (exact) mass is 268 g/mol. The molecule has 0 aliphatic carbocycles. The molecule has 1 heterocycles. The number of H-pyrrole nitrogens is 1. The van der Waals surface area contributed by atoms with Crippen LogP contribution in [0.5, 0.6) is 0 Å². The van der Waals surface area contributed by atoms with Gasteiger partial charge in [0.05, 0.1) is 23.8 Å². The van der Waals surface area contributed by atoms with E-state index in [0.29, 0.717) is 17.7 Å². The van der Waals surface area contributed by atoms with Gasteiger partial charge in [0.15, 0.2) is 0 Å². The summed E-state index contributed by atoms with van der Waals surface area (Å²) in [7, 11) is 0. The molecule has 1 aromatic heterocycles. The first kappa shape index (κ1) is 13.9. The average Bonchev–Trinajstić information content (AvgIpc) is 2.74. The van der Waals surface area contributed by atoms with Crippen LogP contribution < -0.4 is 0 Å². The van der Waals surface area contributed by atoms with Crippen LogP contribution in [-0.2, 0) is 4.74 Å². The lowest BCUT2D eigenvalue weighted by atomic mass is 9.99. The second kappa shape index (κ2) is 5.62. The Bertz CT molecular complexity index is 676. The molecule has 0 spiro atoms. The highest BCUT2D eigenvalue weighted by Gasteiger charge is 2.21. The standard InChI is InChI=1S/C16H16N2O2/c1-4-20-16(19)15-11(3)18-10(2)14(15)13-7-5-12(9-17)6-8-13/h5-8,18H,4H2,1-3H3. The lowest BCUT2D eigenvalue weighted by molar-refractivity contribution is 0.0526. The van der Waals surface area contributed by atoms with Crippen LogP contribution in [0.15, 0.2) is 24.3 Å². The molecule has 2 rings (SSSR count). The van der Waals surface area contributed by atoms with Crippen molar-refractivity contribution in [2.24, 2.45) is 0 Å². The summed E-state index contributed by atoms with van der Waals surface area (Å²) in [4.78, 5) is 15.3. The molecule has 0 aliphatic rings. The molecule has 20 heavy (non-hydrogen) atoms. The van der Waals surface area contributed by atoms with Gasteiger partial charge < -0.3 is 9.72 Å². The molecule has 0 aliphatic heterocycles. The van der Waals surface area contributed by atoms with Crippen LogP contribution in [0.3, 0.4) is 0 Å². The highest BCUT2D eigenvalue weighted by molar-refractivity contribution is 5.99. The van der Waals surface area contributed by atoms with Crippen molar-refractivity contribution >= 4 is 5.97 Å². The smallest absolute Gasteiger partial charge is 0.340 e. The highest BCUT2D eigenvalue weighted by Crippen LogP contribution is 2.30. The molecule has 0 saturated heterocycles. The normalized spacial score (nSPS) is 10.1. The molecule has 0 bridgehead atoms. The number of benzene rings is 1. The molecular formula is C16H16N2O2. The van der Waals surface area contributed by atoms with Crippen LogP contribution in [0.4, 0.5) is 0 Å². The van der Waals surface area contributed by atoms with Crippen LogP contribution in [0.25, 0.3) is 11.1 Å². The van der Waals surface area contributed by atoms with E-state index < -0.39 is 0 Å². The van der Waals surface area contributed by atoms with E-state index in [-0.39, 0.29) is 5.97 Å². The van der Waals surface area contributed by atoms with Crippen molar-refractivity contribution in [2.75, 3.05) is 6.61 Å². The van der Waals surface area contributed by atoms with Crippen molar-refractivity contribution in [1.29, 1.82) is 5.26 Å². The molecule has 0 unspecified atom stereocenters. The van der Waals surface area contributed by atoms with Gasteiger partial charge in [-0.15, -0.1) is 0 Å². The molecule has 4 heteroatoms. The molecule has 1 aromatic carbocycles. The molecule has 0 amide bonds. The number of rotatable bonds is 3. The lowest BCUT2D eigenvalue weighted by Crippen LogP contribution is -2.06. The average molecular weight is 268 g/mol. The van der Waals surface area contributed by atoms with Gasteiger partial charge in [0, 0.05) is 17.0 Å². The fraction of sp³-hybridized carbons (Fsp3) is 0.250. The number of aromatic amines is 1. The van der Waals surface area contributed by atoms with Crippen LogP contribution in [0.2, 0.25) is 0 Å². The van der Waals surface area contributed by atoms with E-state index in [1.807, 2.05) is 26.0 Å². The number of carbonyl (C=O) groups excluding carboxylic acids is 1. The summed E-state index contributed by atoms with van der Waals surface area (Å²) in [5, 5.41) is 8.84. The van der Waals surface area contributed by atoms with Gasteiger partial charge in [0.2, 0.25) is 0 Å². The number of ether oxygens (including phenoxy) is 1. The molecule has 4 nitrogen and oxygen atoms in total. The largest absolute Gasteiger partial charge is 0.462 e. The van der Waals surface area contributed by atoms with Crippen LogP contribution in [0.1, 0.15) is 34.2 Å². The van der Waals surface area contributed by atoms with Gasteiger partial charge in [0.25, 0.3) is 0 Å². The van der Waals surface area contributed by atoms with Crippen LogP contribution in [0, 0.1) is 25.2 Å². The number of hydrogen-bond acceptors (Lipinski definition) is 3. The number of nitriles is 1. The van der Waals surface area contributed by atoms with Crippen molar-refractivity contribution in [3.63, 3.8) is 0 Å². The maximum atomic E-state index is 12.1. The van der Waals surface area contributed by atoms with E-state index in [9.17, 15) is 4.79 Å². The molecule has 102 valence electrons. The Labute approximate surface area is 118 Å². The Morgan fingerprint density at radius 1 is 1.25 bits per heavy atom. The fourth-order valence-electron chi connectivity index (χ4n) is 2.31. The number of nitrogens with one attached hydrogen (secondary N) is 1. The number of carbonyl (C=O) groups is 1. The second-order valence-corrected chi connectivity index (χ2v) is 4.53. The van der Waals surface area contributed by atoms with Crippen molar-refractivity contribution < 1.29 is 9.53 Å². The summed E-state index contributed by atoms with van der Waals surface area (Å²) in [6.45, 7) is 5.90. The summed E-state index contributed by atoms with van der Waals surface area (Å²) >= 11 is 0.